The molecule has 0 saturated carbocycles. The van der Waals surface area contributed by atoms with Crippen molar-refractivity contribution in [2.75, 3.05) is 20.2 Å². The lowest BCUT2D eigenvalue weighted by molar-refractivity contribution is 0.0486. The Morgan fingerprint density at radius 3 is 2.71 bits per heavy atom. The molecule has 0 N–H and O–H groups in total. The van der Waals surface area contributed by atoms with Crippen molar-refractivity contribution >= 4 is 23.4 Å². The molecule has 78 valence electrons. The Kier molecular flexibility index (Phi) is 4.58. The molecule has 14 heavy (non-hydrogen) atoms. The van der Waals surface area contributed by atoms with Crippen LogP contribution in [0.2, 0.25) is 5.02 Å². The fourth-order valence-electron chi connectivity index (χ4n) is 1.10. The number of halogens is 1. The number of rotatable bonds is 4. The summed E-state index contributed by atoms with van der Waals surface area (Å²) in [5.74, 6) is 0.812. The Morgan fingerprint density at radius 1 is 1.43 bits per heavy atom. The molecule has 4 heteroatoms. The molecular weight excluding hydrogens is 220 g/mol. The maximum Gasteiger partial charge on any atom is 0.188 e. The molecule has 0 bridgehead atoms. The van der Waals surface area contributed by atoms with Gasteiger partial charge in [-0.15, -0.1) is 11.8 Å². The van der Waals surface area contributed by atoms with Crippen LogP contribution in [0.3, 0.4) is 0 Å². The van der Waals surface area contributed by atoms with E-state index in [2.05, 4.69) is 0 Å². The molecule has 0 atom stereocenters. The van der Waals surface area contributed by atoms with Gasteiger partial charge in [0.1, 0.15) is 5.75 Å². The van der Waals surface area contributed by atoms with Gasteiger partial charge in [0.25, 0.3) is 0 Å². The lowest BCUT2D eigenvalue weighted by Gasteiger charge is -2.12. The van der Waals surface area contributed by atoms with Gasteiger partial charge in [-0.1, -0.05) is 11.6 Å². The number of hydrogen-bond donors (Lipinski definition) is 0. The van der Waals surface area contributed by atoms with Gasteiger partial charge in [-0.2, -0.15) is 0 Å². The minimum absolute atomic E-state index is 0.245. The summed E-state index contributed by atoms with van der Waals surface area (Å²) in [6.45, 7) is 2.18. The molecule has 0 heterocycles. The van der Waals surface area contributed by atoms with Gasteiger partial charge in [0.15, 0.2) is 6.79 Å². The molecule has 1 aromatic carbocycles. The molecule has 0 unspecified atom stereocenters. The SMILES string of the molecule is COCOc1c(SC)ccc(Cl)c1C. The Hall–Kier alpha value is -0.380. The lowest BCUT2D eigenvalue weighted by Crippen LogP contribution is -2.01. The van der Waals surface area contributed by atoms with Crippen LogP contribution >= 0.6 is 23.4 Å². The lowest BCUT2D eigenvalue weighted by atomic mass is 10.2. The molecule has 0 aliphatic heterocycles. The largest absolute Gasteiger partial charge is 0.466 e. The van der Waals surface area contributed by atoms with E-state index in [0.29, 0.717) is 5.02 Å². The highest BCUT2D eigenvalue weighted by Gasteiger charge is 2.09. The van der Waals surface area contributed by atoms with Gasteiger partial charge < -0.3 is 9.47 Å². The fraction of sp³-hybridized carbons (Fsp3) is 0.400. The van der Waals surface area contributed by atoms with Crippen LogP contribution in [0, 0.1) is 6.92 Å². The van der Waals surface area contributed by atoms with Crippen LogP contribution in [0.4, 0.5) is 0 Å². The average molecular weight is 233 g/mol. The van der Waals surface area contributed by atoms with Crippen molar-refractivity contribution in [3.05, 3.63) is 22.7 Å². The van der Waals surface area contributed by atoms with E-state index in [4.69, 9.17) is 21.1 Å². The van der Waals surface area contributed by atoms with Crippen LogP contribution in [0.5, 0.6) is 5.75 Å². The summed E-state index contributed by atoms with van der Waals surface area (Å²) in [5, 5.41) is 0.717. The zero-order valence-corrected chi connectivity index (χ0v) is 10.0. The second-order valence-electron chi connectivity index (χ2n) is 2.75. The summed E-state index contributed by atoms with van der Waals surface area (Å²) in [7, 11) is 1.60. The van der Waals surface area contributed by atoms with E-state index in [-0.39, 0.29) is 6.79 Å². The maximum atomic E-state index is 5.99. The van der Waals surface area contributed by atoms with Gasteiger partial charge in [-0.25, -0.2) is 0 Å². The van der Waals surface area contributed by atoms with Crippen molar-refractivity contribution in [1.29, 1.82) is 0 Å². The van der Waals surface area contributed by atoms with E-state index in [1.165, 1.54) is 0 Å². The molecule has 0 aromatic heterocycles. The highest BCUT2D eigenvalue weighted by molar-refractivity contribution is 7.98. The van der Waals surface area contributed by atoms with Crippen molar-refractivity contribution in [3.63, 3.8) is 0 Å². The number of thioether (sulfide) groups is 1. The van der Waals surface area contributed by atoms with Crippen LogP contribution in [0.15, 0.2) is 17.0 Å². The first kappa shape index (κ1) is 11.7. The van der Waals surface area contributed by atoms with Crippen LogP contribution in [-0.4, -0.2) is 20.2 Å². The highest BCUT2D eigenvalue weighted by Crippen LogP contribution is 2.35. The molecule has 1 aromatic rings. The number of hydrogen-bond acceptors (Lipinski definition) is 3. The quantitative estimate of drug-likeness (QED) is 0.586. The molecular formula is C10H13ClO2S. The number of ether oxygens (including phenoxy) is 2. The van der Waals surface area contributed by atoms with Crippen molar-refractivity contribution in [2.24, 2.45) is 0 Å². The fourth-order valence-corrected chi connectivity index (χ4v) is 1.85. The molecule has 0 amide bonds. The van der Waals surface area contributed by atoms with Gasteiger partial charge >= 0.3 is 0 Å². The van der Waals surface area contributed by atoms with E-state index >= 15 is 0 Å². The van der Waals surface area contributed by atoms with Gasteiger partial charge in [0.2, 0.25) is 0 Å². The average Bonchev–Trinajstić information content (AvgIpc) is 2.20. The zero-order valence-electron chi connectivity index (χ0n) is 8.46. The van der Waals surface area contributed by atoms with Crippen LogP contribution in [0.25, 0.3) is 0 Å². The van der Waals surface area contributed by atoms with E-state index in [0.717, 1.165) is 16.2 Å². The van der Waals surface area contributed by atoms with E-state index in [9.17, 15) is 0 Å². The van der Waals surface area contributed by atoms with Gasteiger partial charge in [0.05, 0.1) is 0 Å². The van der Waals surface area contributed by atoms with Crippen LogP contribution < -0.4 is 4.74 Å². The van der Waals surface area contributed by atoms with Crippen molar-refractivity contribution in [2.45, 2.75) is 11.8 Å². The Bertz CT molecular complexity index is 315. The molecule has 0 fully saturated rings. The van der Waals surface area contributed by atoms with Crippen LogP contribution in [0.1, 0.15) is 5.56 Å². The summed E-state index contributed by atoms with van der Waals surface area (Å²) in [6.07, 6.45) is 2.00. The molecule has 0 aliphatic rings. The number of methoxy groups -OCH3 is 1. The Balaban J connectivity index is 3.01. The molecule has 0 radical (unpaired) electrons. The zero-order chi connectivity index (χ0) is 10.6. The van der Waals surface area contributed by atoms with Gasteiger partial charge in [-0.3, -0.25) is 0 Å². The second kappa shape index (κ2) is 5.49. The van der Waals surface area contributed by atoms with Crippen molar-refractivity contribution in [1.82, 2.24) is 0 Å². The molecule has 0 spiro atoms. The van der Waals surface area contributed by atoms with Gasteiger partial charge in [-0.05, 0) is 25.3 Å². The number of benzene rings is 1. The topological polar surface area (TPSA) is 18.5 Å². The summed E-state index contributed by atoms with van der Waals surface area (Å²) in [5.41, 5.74) is 0.954. The predicted molar refractivity (Wildman–Crippen MR) is 60.5 cm³/mol. The van der Waals surface area contributed by atoms with E-state index < -0.39 is 0 Å². The second-order valence-corrected chi connectivity index (χ2v) is 4.01. The first-order valence-corrected chi connectivity index (χ1v) is 5.75. The van der Waals surface area contributed by atoms with Crippen molar-refractivity contribution < 1.29 is 9.47 Å². The van der Waals surface area contributed by atoms with Gasteiger partial charge in [0, 0.05) is 22.6 Å². The Morgan fingerprint density at radius 2 is 2.14 bits per heavy atom. The third-order valence-electron chi connectivity index (χ3n) is 1.84. The first-order chi connectivity index (χ1) is 6.70. The predicted octanol–water partition coefficient (Wildman–Crippen LogP) is 3.35. The standard InChI is InChI=1S/C10H13ClO2S/c1-7-8(11)4-5-9(14-3)10(7)13-6-12-2/h4-5H,6H2,1-3H3. The van der Waals surface area contributed by atoms with Crippen molar-refractivity contribution in [3.8, 4) is 5.75 Å². The first-order valence-electron chi connectivity index (χ1n) is 4.15. The summed E-state index contributed by atoms with van der Waals surface area (Å²) in [6, 6.07) is 3.83. The third-order valence-corrected chi connectivity index (χ3v) is 3.02. The van der Waals surface area contributed by atoms with E-state index in [1.807, 2.05) is 25.3 Å². The summed E-state index contributed by atoms with van der Waals surface area (Å²) >= 11 is 7.62. The normalized spacial score (nSPS) is 10.3. The smallest absolute Gasteiger partial charge is 0.188 e. The molecule has 0 aliphatic carbocycles. The molecule has 1 rings (SSSR count). The van der Waals surface area contributed by atoms with E-state index in [1.54, 1.807) is 18.9 Å². The highest BCUT2D eigenvalue weighted by atomic mass is 35.5. The monoisotopic (exact) mass is 232 g/mol. The minimum atomic E-state index is 0.245. The molecule has 0 saturated heterocycles. The summed E-state index contributed by atoms with van der Waals surface area (Å²) < 4.78 is 10.3. The maximum absolute atomic E-state index is 5.99. The summed E-state index contributed by atoms with van der Waals surface area (Å²) in [4.78, 5) is 1.07. The third kappa shape index (κ3) is 2.56. The Labute approximate surface area is 93.5 Å². The van der Waals surface area contributed by atoms with Crippen LogP contribution in [-0.2, 0) is 4.74 Å². The molecule has 2 nitrogen and oxygen atoms in total. The minimum Gasteiger partial charge on any atom is -0.466 e.